The van der Waals surface area contributed by atoms with E-state index >= 15 is 0 Å². The van der Waals surface area contributed by atoms with Gasteiger partial charge in [0.15, 0.2) is 5.43 Å². The number of carbonyl (C=O) groups is 1. The van der Waals surface area contributed by atoms with E-state index in [1.807, 2.05) is 53.1 Å². The molecule has 1 saturated carbocycles. The quantitative estimate of drug-likeness (QED) is 0.496. The van der Waals surface area contributed by atoms with Gasteiger partial charge in [0, 0.05) is 10.8 Å². The molecule has 0 saturated heterocycles. The van der Waals surface area contributed by atoms with Crippen LogP contribution in [-0.2, 0) is 11.3 Å². The number of nitrogens with zero attached hydrogens (tertiary/aromatic N) is 1. The van der Waals surface area contributed by atoms with Crippen molar-refractivity contribution in [3.63, 3.8) is 0 Å². The second-order valence-corrected chi connectivity index (χ2v) is 8.24. The highest BCUT2D eigenvalue weighted by Gasteiger charge is 2.33. The van der Waals surface area contributed by atoms with E-state index in [2.05, 4.69) is 36.5 Å². The molecule has 4 heteroatoms. The van der Waals surface area contributed by atoms with E-state index in [1.165, 1.54) is 5.56 Å². The summed E-state index contributed by atoms with van der Waals surface area (Å²) in [7, 11) is 0. The summed E-state index contributed by atoms with van der Waals surface area (Å²) < 4.78 is 1.96. The number of benzene rings is 3. The van der Waals surface area contributed by atoms with E-state index in [4.69, 9.17) is 0 Å². The van der Waals surface area contributed by atoms with Gasteiger partial charge in [0.1, 0.15) is 6.54 Å². The Labute approximate surface area is 175 Å². The number of para-hydroxylation sites is 2. The monoisotopic (exact) mass is 396 g/mol. The summed E-state index contributed by atoms with van der Waals surface area (Å²) in [5.74, 6) is 0.464. The smallest absolute Gasteiger partial charge is 0.240 e. The highest BCUT2D eigenvalue weighted by molar-refractivity contribution is 5.94. The van der Waals surface area contributed by atoms with Gasteiger partial charge in [-0.05, 0) is 55.5 Å². The van der Waals surface area contributed by atoms with Gasteiger partial charge in [0.25, 0.3) is 0 Å². The molecule has 1 fully saturated rings. The number of pyridine rings is 1. The lowest BCUT2D eigenvalue weighted by molar-refractivity contribution is -0.122. The van der Waals surface area contributed by atoms with Gasteiger partial charge in [0.2, 0.25) is 5.91 Å². The first-order chi connectivity index (χ1) is 14.6. The summed E-state index contributed by atoms with van der Waals surface area (Å²) in [5, 5.41) is 4.55. The van der Waals surface area contributed by atoms with Crippen molar-refractivity contribution >= 4 is 27.7 Å². The number of aromatic nitrogens is 1. The highest BCUT2D eigenvalue weighted by atomic mass is 16.2. The SMILES string of the molecule is Cc1ccc(C(NC(=O)Cn2c3ccccc3c(=O)c3ccccc32)C2CC2)cc1. The zero-order valence-electron chi connectivity index (χ0n) is 17.0. The predicted octanol–water partition coefficient (Wildman–Crippen LogP) is 4.73. The zero-order valence-corrected chi connectivity index (χ0v) is 17.0. The fourth-order valence-corrected chi connectivity index (χ4v) is 4.29. The second kappa shape index (κ2) is 7.45. The van der Waals surface area contributed by atoms with E-state index in [9.17, 15) is 9.59 Å². The molecule has 0 radical (unpaired) electrons. The fraction of sp³-hybridized carbons (Fsp3) is 0.231. The highest BCUT2D eigenvalue weighted by Crippen LogP contribution is 2.41. The van der Waals surface area contributed by atoms with Crippen LogP contribution in [0.4, 0.5) is 0 Å². The summed E-state index contributed by atoms with van der Waals surface area (Å²) in [6, 6.07) is 23.5. The molecule has 1 heterocycles. The first kappa shape index (κ1) is 18.6. The largest absolute Gasteiger partial charge is 0.347 e. The lowest BCUT2D eigenvalue weighted by Gasteiger charge is -2.21. The van der Waals surface area contributed by atoms with Crippen molar-refractivity contribution in [1.82, 2.24) is 9.88 Å². The molecule has 1 atom stereocenters. The zero-order chi connectivity index (χ0) is 20.7. The lowest BCUT2D eigenvalue weighted by Crippen LogP contribution is -2.33. The van der Waals surface area contributed by atoms with Crippen LogP contribution in [0.5, 0.6) is 0 Å². The molecule has 4 nitrogen and oxygen atoms in total. The van der Waals surface area contributed by atoms with Gasteiger partial charge in [0.05, 0.1) is 17.1 Å². The molecule has 1 aliphatic rings. The van der Waals surface area contributed by atoms with Gasteiger partial charge in [-0.15, -0.1) is 0 Å². The van der Waals surface area contributed by atoms with Crippen LogP contribution in [0.2, 0.25) is 0 Å². The van der Waals surface area contributed by atoms with E-state index < -0.39 is 0 Å². The second-order valence-electron chi connectivity index (χ2n) is 8.24. The van der Waals surface area contributed by atoms with E-state index in [0.717, 1.165) is 29.4 Å². The number of hydrogen-bond acceptors (Lipinski definition) is 2. The molecule has 3 aromatic carbocycles. The van der Waals surface area contributed by atoms with Crippen LogP contribution < -0.4 is 10.7 Å². The third-order valence-electron chi connectivity index (χ3n) is 6.03. The van der Waals surface area contributed by atoms with Crippen LogP contribution in [0.15, 0.2) is 77.6 Å². The number of hydrogen-bond donors (Lipinski definition) is 1. The van der Waals surface area contributed by atoms with Crippen molar-refractivity contribution in [3.05, 3.63) is 94.1 Å². The molecule has 1 amide bonds. The third-order valence-corrected chi connectivity index (χ3v) is 6.03. The molecule has 4 aromatic rings. The standard InChI is InChI=1S/C26H24N2O2/c1-17-10-12-18(13-11-17)25(19-14-15-19)27-24(29)16-28-22-8-4-2-6-20(22)26(30)21-7-3-5-9-23(21)28/h2-13,19,25H,14-16H2,1H3,(H,27,29). The number of nitrogens with one attached hydrogen (secondary N) is 1. The van der Waals surface area contributed by atoms with Crippen molar-refractivity contribution in [2.45, 2.75) is 32.4 Å². The Morgan fingerprint density at radius 2 is 1.50 bits per heavy atom. The third kappa shape index (κ3) is 3.39. The summed E-state index contributed by atoms with van der Waals surface area (Å²) in [4.78, 5) is 26.1. The number of fused-ring (bicyclic) bond motifs is 2. The lowest BCUT2D eigenvalue weighted by atomic mass is 10.0. The minimum absolute atomic E-state index is 0.00775. The van der Waals surface area contributed by atoms with Crippen LogP contribution in [0, 0.1) is 12.8 Å². The fourth-order valence-electron chi connectivity index (χ4n) is 4.29. The maximum absolute atomic E-state index is 13.2. The molecule has 0 spiro atoms. The van der Waals surface area contributed by atoms with Gasteiger partial charge in [-0.1, -0.05) is 54.1 Å². The first-order valence-corrected chi connectivity index (χ1v) is 10.5. The number of carbonyl (C=O) groups excluding carboxylic acids is 1. The van der Waals surface area contributed by atoms with Crippen molar-refractivity contribution in [2.75, 3.05) is 0 Å². The first-order valence-electron chi connectivity index (χ1n) is 10.5. The number of aryl methyl sites for hydroxylation is 1. The molecular weight excluding hydrogens is 372 g/mol. The molecule has 1 aliphatic carbocycles. The van der Waals surface area contributed by atoms with Crippen LogP contribution in [0.1, 0.15) is 30.0 Å². The Morgan fingerprint density at radius 1 is 0.933 bits per heavy atom. The van der Waals surface area contributed by atoms with Crippen LogP contribution in [0.3, 0.4) is 0 Å². The summed E-state index contributed by atoms with van der Waals surface area (Å²) in [5.41, 5.74) is 3.95. The number of rotatable bonds is 5. The van der Waals surface area contributed by atoms with Gasteiger partial charge < -0.3 is 9.88 Å². The van der Waals surface area contributed by atoms with Crippen molar-refractivity contribution < 1.29 is 4.79 Å². The Morgan fingerprint density at radius 3 is 2.07 bits per heavy atom. The average Bonchev–Trinajstić information content (AvgIpc) is 3.61. The van der Waals surface area contributed by atoms with Crippen LogP contribution in [0.25, 0.3) is 21.8 Å². The molecule has 1 aromatic heterocycles. The van der Waals surface area contributed by atoms with E-state index in [0.29, 0.717) is 16.7 Å². The Bertz CT molecular complexity index is 1240. The van der Waals surface area contributed by atoms with Gasteiger partial charge >= 0.3 is 0 Å². The minimum Gasteiger partial charge on any atom is -0.347 e. The Balaban J connectivity index is 1.51. The van der Waals surface area contributed by atoms with Crippen molar-refractivity contribution in [3.8, 4) is 0 Å². The van der Waals surface area contributed by atoms with E-state index in [-0.39, 0.29) is 23.9 Å². The van der Waals surface area contributed by atoms with E-state index in [1.54, 1.807) is 0 Å². The Hall–Kier alpha value is -3.40. The predicted molar refractivity (Wildman–Crippen MR) is 121 cm³/mol. The molecule has 30 heavy (non-hydrogen) atoms. The van der Waals surface area contributed by atoms with Crippen LogP contribution in [-0.4, -0.2) is 10.5 Å². The van der Waals surface area contributed by atoms with Gasteiger partial charge in [-0.3, -0.25) is 9.59 Å². The van der Waals surface area contributed by atoms with Crippen molar-refractivity contribution in [1.29, 1.82) is 0 Å². The molecular formula is C26H24N2O2. The van der Waals surface area contributed by atoms with Gasteiger partial charge in [-0.25, -0.2) is 0 Å². The molecule has 0 aliphatic heterocycles. The normalized spacial score (nSPS) is 14.7. The maximum Gasteiger partial charge on any atom is 0.240 e. The van der Waals surface area contributed by atoms with Crippen molar-refractivity contribution in [2.24, 2.45) is 5.92 Å². The molecule has 1 N–H and O–H groups in total. The molecule has 1 unspecified atom stereocenters. The average molecular weight is 396 g/mol. The summed E-state index contributed by atoms with van der Waals surface area (Å²) in [6.45, 7) is 2.25. The van der Waals surface area contributed by atoms with Gasteiger partial charge in [-0.2, -0.15) is 0 Å². The molecule has 5 rings (SSSR count). The summed E-state index contributed by atoms with van der Waals surface area (Å²) in [6.07, 6.45) is 2.28. The minimum atomic E-state index is -0.0357. The topological polar surface area (TPSA) is 51.1 Å². The maximum atomic E-state index is 13.2. The molecule has 150 valence electrons. The van der Waals surface area contributed by atoms with Crippen LogP contribution >= 0.6 is 0 Å². The summed E-state index contributed by atoms with van der Waals surface area (Å²) >= 11 is 0. The Kier molecular flexibility index (Phi) is 4.62. The number of amides is 1. The molecule has 0 bridgehead atoms.